The fourth-order valence-corrected chi connectivity index (χ4v) is 6.71. The Labute approximate surface area is 251 Å². The molecule has 1 aromatic heterocycles. The maximum Gasteiger partial charge on any atom is 0.330 e. The Bertz CT molecular complexity index is 1710. The third kappa shape index (κ3) is 6.72. The van der Waals surface area contributed by atoms with Crippen LogP contribution in [0.4, 0.5) is 22.0 Å². The van der Waals surface area contributed by atoms with E-state index < -0.39 is 78.7 Å². The van der Waals surface area contributed by atoms with E-state index in [0.717, 1.165) is 5.39 Å². The third-order valence-corrected chi connectivity index (χ3v) is 8.98. The number of hydrogen-bond donors (Lipinski definition) is 3. The lowest BCUT2D eigenvalue weighted by Gasteiger charge is -2.34. The summed E-state index contributed by atoms with van der Waals surface area (Å²) in [5.74, 6) is -7.11. The number of ether oxygens (including phenoxy) is 2. The number of aliphatic hydroxyl groups excluding tert-OH is 1. The van der Waals surface area contributed by atoms with Crippen LogP contribution in [-0.2, 0) is 30.6 Å². The van der Waals surface area contributed by atoms with Gasteiger partial charge in [-0.25, -0.2) is 18.7 Å². The third-order valence-electron chi connectivity index (χ3n) is 6.50. The second kappa shape index (κ2) is 12.7. The van der Waals surface area contributed by atoms with Crippen molar-refractivity contribution in [3.8, 4) is 5.75 Å². The van der Waals surface area contributed by atoms with Gasteiger partial charge >= 0.3 is 24.2 Å². The monoisotopic (exact) mass is 667 g/mol. The number of carbonyl (C=O) groups excluding carboxylic acids is 1. The van der Waals surface area contributed by atoms with Crippen LogP contribution in [0.1, 0.15) is 27.0 Å². The van der Waals surface area contributed by atoms with Gasteiger partial charge in [-0.15, -0.1) is 0 Å². The van der Waals surface area contributed by atoms with Gasteiger partial charge in [0.1, 0.15) is 11.8 Å². The molecule has 5 atom stereocenters. The molecule has 3 N–H and O–H groups in total. The van der Waals surface area contributed by atoms with E-state index in [1.807, 2.05) is 0 Å². The Hall–Kier alpha value is -3.21. The Morgan fingerprint density at radius 3 is 2.48 bits per heavy atom. The molecule has 44 heavy (non-hydrogen) atoms. The molecule has 0 radical (unpaired) electrons. The Balaban J connectivity index is 1.70. The minimum Gasteiger partial charge on any atom is -0.462 e. The van der Waals surface area contributed by atoms with Crippen LogP contribution in [0.5, 0.6) is 5.75 Å². The highest BCUT2D eigenvalue weighted by atomic mass is 32.5. The van der Waals surface area contributed by atoms with Gasteiger partial charge in [-0.2, -0.15) is 13.2 Å². The van der Waals surface area contributed by atoms with E-state index in [1.54, 1.807) is 44.2 Å². The number of halogens is 5. The molecule has 240 valence electrons. The van der Waals surface area contributed by atoms with Gasteiger partial charge in [-0.05, 0) is 55.5 Å². The highest BCUT2D eigenvalue weighted by molar-refractivity contribution is 8.09. The van der Waals surface area contributed by atoms with E-state index in [2.05, 4.69) is 5.09 Å². The van der Waals surface area contributed by atoms with Crippen molar-refractivity contribution in [3.05, 3.63) is 75.3 Å². The molecule has 2 heterocycles. The zero-order chi connectivity index (χ0) is 32.6. The zero-order valence-corrected chi connectivity index (χ0v) is 24.9. The highest BCUT2D eigenvalue weighted by Gasteiger charge is 2.71. The number of rotatable bonds is 11. The van der Waals surface area contributed by atoms with Crippen LogP contribution in [0.2, 0.25) is 0 Å². The maximum atomic E-state index is 15.2. The number of benzene rings is 2. The van der Waals surface area contributed by atoms with Crippen molar-refractivity contribution < 1.29 is 50.4 Å². The number of alkyl halides is 4. The molecule has 11 nitrogen and oxygen atoms in total. The average Bonchev–Trinajstić information content (AvgIpc) is 3.15. The topological polar surface area (TPSA) is 141 Å². The first-order chi connectivity index (χ1) is 20.5. The predicted molar refractivity (Wildman–Crippen MR) is 150 cm³/mol. The Morgan fingerprint density at radius 2 is 1.84 bits per heavy atom. The van der Waals surface area contributed by atoms with Gasteiger partial charge in [0.05, 0.1) is 18.9 Å². The van der Waals surface area contributed by atoms with E-state index in [-0.39, 0.29) is 16.5 Å². The van der Waals surface area contributed by atoms with Crippen molar-refractivity contribution in [3.63, 3.8) is 0 Å². The summed E-state index contributed by atoms with van der Waals surface area (Å²) in [4.78, 5) is 37.5. The van der Waals surface area contributed by atoms with Crippen LogP contribution in [0.25, 0.3) is 10.8 Å². The summed E-state index contributed by atoms with van der Waals surface area (Å²) in [6.45, 7) is -1.25. The van der Waals surface area contributed by atoms with Gasteiger partial charge in [-0.1, -0.05) is 30.3 Å². The molecule has 1 fully saturated rings. The van der Waals surface area contributed by atoms with Crippen molar-refractivity contribution in [1.29, 1.82) is 0 Å². The molecule has 5 unspecified atom stereocenters. The number of aromatic amines is 1. The summed E-state index contributed by atoms with van der Waals surface area (Å²) in [7, 11) is 0. The first-order valence-corrected chi connectivity index (χ1v) is 15.6. The summed E-state index contributed by atoms with van der Waals surface area (Å²) < 4.78 is 94.7. The molecule has 0 bridgehead atoms. The van der Waals surface area contributed by atoms with Crippen molar-refractivity contribution in [2.75, 3.05) is 6.61 Å². The second-order valence-electron chi connectivity index (χ2n) is 10.2. The molecule has 1 aliphatic heterocycles. The summed E-state index contributed by atoms with van der Waals surface area (Å²) in [5, 5.41) is 14.5. The van der Waals surface area contributed by atoms with Gasteiger partial charge in [0.25, 0.3) is 12.0 Å². The molecular weight excluding hydrogens is 640 g/mol. The molecule has 1 saturated heterocycles. The van der Waals surface area contributed by atoms with E-state index >= 15 is 8.78 Å². The second-order valence-corrected chi connectivity index (χ2v) is 13.3. The minimum absolute atomic E-state index is 0.0334. The number of esters is 1. The van der Waals surface area contributed by atoms with Crippen LogP contribution >= 0.6 is 6.64 Å². The lowest BCUT2D eigenvalue weighted by atomic mass is 9.96. The molecule has 0 spiro atoms. The van der Waals surface area contributed by atoms with Gasteiger partial charge in [-0.3, -0.25) is 19.1 Å². The van der Waals surface area contributed by atoms with E-state index in [1.165, 1.54) is 24.0 Å². The van der Waals surface area contributed by atoms with Crippen LogP contribution in [0.15, 0.2) is 58.3 Å². The maximum absolute atomic E-state index is 15.2. The van der Waals surface area contributed by atoms with E-state index in [9.17, 15) is 32.7 Å². The summed E-state index contributed by atoms with van der Waals surface area (Å²) >= 11 is 5.49. The Morgan fingerprint density at radius 1 is 1.18 bits per heavy atom. The first kappa shape index (κ1) is 33.7. The van der Waals surface area contributed by atoms with Gasteiger partial charge < -0.3 is 23.6 Å². The number of fused-ring (bicyclic) bond motifs is 1. The number of nitrogens with zero attached hydrogens (tertiary/aromatic N) is 1. The molecule has 4 rings (SSSR count). The van der Waals surface area contributed by atoms with Crippen LogP contribution in [0, 0.1) is 5.82 Å². The van der Waals surface area contributed by atoms with Gasteiger partial charge in [0, 0.05) is 0 Å². The quantitative estimate of drug-likeness (QED) is 0.158. The van der Waals surface area contributed by atoms with E-state index in [0.29, 0.717) is 5.39 Å². The van der Waals surface area contributed by atoms with Crippen molar-refractivity contribution in [2.45, 2.75) is 63.2 Å². The fraction of sp³-hybridized carbons (Fsp3) is 0.423. The Kier molecular flexibility index (Phi) is 9.68. The van der Waals surface area contributed by atoms with Crippen molar-refractivity contribution in [1.82, 2.24) is 14.6 Å². The number of aliphatic hydroxyl groups is 1. The summed E-state index contributed by atoms with van der Waals surface area (Å²) in [5.41, 5.74) is -6.73. The molecule has 18 heteroatoms. The normalized spacial score (nSPS) is 23.5. The first-order valence-electron chi connectivity index (χ1n) is 12.9. The number of hydrogen-bond acceptors (Lipinski definition) is 9. The lowest BCUT2D eigenvalue weighted by molar-refractivity contribution is -0.192. The fourth-order valence-electron chi connectivity index (χ4n) is 4.30. The SMILES string of the molecule is CC(C)OC(=O)C(C)NP(=S)(OCC1(C(F)F)OC(n2cc(F)c(=O)[nH]c2=O)C(F)(F)C1O)Oc1ccc2ccccc2c1. The van der Waals surface area contributed by atoms with E-state index in [4.69, 9.17) is 30.3 Å². The standard InChI is InChI=1S/C26H27F5N3O8PS/c1-13(2)40-20(36)14(3)33-43(44,42-17-9-8-15-6-4-5-7-16(15)10-17)39-12-25(22(28)29)21(37)26(30,31)23(41-25)34-11-18(27)19(35)32-24(34)38/h4-11,13-14,21-23,37H,12H2,1-3H3,(H,33,44)(H,32,35,38). The molecule has 0 aliphatic carbocycles. The molecule has 0 amide bonds. The summed E-state index contributed by atoms with van der Waals surface area (Å²) in [6, 6.07) is 10.5. The summed E-state index contributed by atoms with van der Waals surface area (Å²) in [6.07, 6.45) is -10.7. The molecule has 0 saturated carbocycles. The number of carbonyl (C=O) groups is 1. The van der Waals surface area contributed by atoms with Gasteiger partial charge in [0.15, 0.2) is 11.7 Å². The average molecular weight is 668 g/mol. The number of nitrogens with one attached hydrogen (secondary N) is 2. The van der Waals surface area contributed by atoms with Crippen molar-refractivity contribution in [2.24, 2.45) is 0 Å². The number of H-pyrrole nitrogens is 1. The molecular formula is C26H27F5N3O8PS. The van der Waals surface area contributed by atoms with Crippen LogP contribution < -0.4 is 20.9 Å². The highest BCUT2D eigenvalue weighted by Crippen LogP contribution is 2.53. The van der Waals surface area contributed by atoms with Gasteiger partial charge in [0.2, 0.25) is 12.0 Å². The molecule has 1 aliphatic rings. The number of aromatic nitrogens is 2. The zero-order valence-electron chi connectivity index (χ0n) is 23.2. The van der Waals surface area contributed by atoms with Crippen molar-refractivity contribution >= 4 is 35.2 Å². The smallest absolute Gasteiger partial charge is 0.330 e. The largest absolute Gasteiger partial charge is 0.462 e. The minimum atomic E-state index is -4.64. The predicted octanol–water partition coefficient (Wildman–Crippen LogP) is 3.61. The van der Waals surface area contributed by atoms with Crippen LogP contribution in [-0.4, -0.2) is 63.4 Å². The van der Waals surface area contributed by atoms with Crippen LogP contribution in [0.3, 0.4) is 0 Å². The lowest BCUT2D eigenvalue weighted by Crippen LogP contribution is -2.54. The molecule has 2 aromatic carbocycles. The molecule has 3 aromatic rings.